The molecule has 0 aromatic heterocycles. The fourth-order valence-electron chi connectivity index (χ4n) is 3.35. The summed E-state index contributed by atoms with van der Waals surface area (Å²) in [5.41, 5.74) is 1.86. The van der Waals surface area contributed by atoms with Gasteiger partial charge in [-0.2, -0.15) is 0 Å². The molecule has 1 nitrogen and oxygen atoms in total. The summed E-state index contributed by atoms with van der Waals surface area (Å²) >= 11 is 3.75. The molecule has 1 aliphatic carbocycles. The molecule has 0 saturated heterocycles. The predicted molar refractivity (Wildman–Crippen MR) is 73.9 cm³/mol. The zero-order valence-electron chi connectivity index (χ0n) is 10.3. The number of fused-ring (bicyclic) bond motifs is 1. The van der Waals surface area contributed by atoms with Crippen molar-refractivity contribution in [3.63, 3.8) is 0 Å². The minimum Gasteiger partial charge on any atom is -0.490 e. The first-order valence-corrected chi connectivity index (χ1v) is 7.45. The lowest BCUT2D eigenvalue weighted by Gasteiger charge is -2.26. The van der Waals surface area contributed by atoms with Crippen LogP contribution in [0.1, 0.15) is 38.2 Å². The molecule has 1 fully saturated rings. The van der Waals surface area contributed by atoms with E-state index in [1.165, 1.54) is 31.2 Å². The van der Waals surface area contributed by atoms with Crippen molar-refractivity contribution >= 4 is 15.9 Å². The molecule has 1 aliphatic heterocycles. The first-order valence-electron chi connectivity index (χ1n) is 6.53. The van der Waals surface area contributed by atoms with E-state index in [0.29, 0.717) is 11.5 Å². The van der Waals surface area contributed by atoms with E-state index in [-0.39, 0.29) is 0 Å². The van der Waals surface area contributed by atoms with Crippen molar-refractivity contribution in [2.24, 2.45) is 5.41 Å². The lowest BCUT2D eigenvalue weighted by molar-refractivity contribution is 0.149. The van der Waals surface area contributed by atoms with E-state index in [1.807, 2.05) is 0 Å². The molecule has 0 amide bonds. The number of para-hydroxylation sites is 1. The highest BCUT2D eigenvalue weighted by molar-refractivity contribution is 9.09. The molecule has 0 spiro atoms. The predicted octanol–water partition coefficient (Wildman–Crippen LogP) is 4.33. The molecule has 3 rings (SSSR count). The number of hydrogen-bond donors (Lipinski definition) is 0. The summed E-state index contributed by atoms with van der Waals surface area (Å²) in [5.74, 6) is 1.11. The molecular weight excluding hydrogens is 276 g/mol. The van der Waals surface area contributed by atoms with Crippen LogP contribution in [0.2, 0.25) is 0 Å². The Kier molecular flexibility index (Phi) is 2.94. The van der Waals surface area contributed by atoms with Crippen LogP contribution in [0, 0.1) is 5.41 Å². The van der Waals surface area contributed by atoms with Gasteiger partial charge < -0.3 is 4.74 Å². The number of halogens is 1. The third kappa shape index (κ3) is 2.37. The summed E-state index contributed by atoms with van der Waals surface area (Å²) in [5, 5.41) is 0. The molecule has 1 heterocycles. The fraction of sp³-hybridized carbons (Fsp3) is 0.600. The SMILES string of the molecule is CC1(CC2Cc3ccccc3O2)CCC(Br)C1. The molecule has 1 aromatic carbocycles. The van der Waals surface area contributed by atoms with Gasteiger partial charge in [-0.05, 0) is 42.7 Å². The van der Waals surface area contributed by atoms with Crippen molar-refractivity contribution in [1.29, 1.82) is 0 Å². The summed E-state index contributed by atoms with van der Waals surface area (Å²) in [6.45, 7) is 2.42. The molecule has 2 aliphatic rings. The van der Waals surface area contributed by atoms with Gasteiger partial charge in [0.2, 0.25) is 0 Å². The monoisotopic (exact) mass is 294 g/mol. The Balaban J connectivity index is 1.66. The van der Waals surface area contributed by atoms with Gasteiger partial charge in [0.25, 0.3) is 0 Å². The first kappa shape index (κ1) is 11.6. The zero-order chi connectivity index (χ0) is 11.9. The van der Waals surface area contributed by atoms with E-state index >= 15 is 0 Å². The largest absolute Gasteiger partial charge is 0.490 e. The highest BCUT2D eigenvalue weighted by atomic mass is 79.9. The maximum atomic E-state index is 6.05. The number of rotatable bonds is 2. The normalized spacial score (nSPS) is 35.6. The molecule has 1 aromatic rings. The molecule has 2 heteroatoms. The molecule has 17 heavy (non-hydrogen) atoms. The van der Waals surface area contributed by atoms with Crippen molar-refractivity contribution in [3.8, 4) is 5.75 Å². The first-order chi connectivity index (χ1) is 8.15. The van der Waals surface area contributed by atoms with Crippen LogP contribution < -0.4 is 4.74 Å². The van der Waals surface area contributed by atoms with Gasteiger partial charge in [0.1, 0.15) is 11.9 Å². The molecule has 3 unspecified atom stereocenters. The molecule has 92 valence electrons. The number of ether oxygens (including phenoxy) is 1. The van der Waals surface area contributed by atoms with E-state index in [1.54, 1.807) is 0 Å². The van der Waals surface area contributed by atoms with E-state index in [2.05, 4.69) is 47.1 Å². The molecule has 1 saturated carbocycles. The maximum Gasteiger partial charge on any atom is 0.123 e. The number of alkyl halides is 1. The van der Waals surface area contributed by atoms with Crippen LogP contribution in [0.5, 0.6) is 5.75 Å². The standard InChI is InChI=1S/C15H19BrO/c1-15(7-6-12(16)9-15)10-13-8-11-4-2-3-5-14(11)17-13/h2-5,12-13H,6-10H2,1H3. The minimum absolute atomic E-state index is 0.398. The Labute approximate surface area is 112 Å². The van der Waals surface area contributed by atoms with E-state index in [4.69, 9.17) is 4.74 Å². The average Bonchev–Trinajstić information content (AvgIpc) is 2.81. The lowest BCUT2D eigenvalue weighted by atomic mass is 9.82. The van der Waals surface area contributed by atoms with Crippen LogP contribution in [-0.2, 0) is 6.42 Å². The quantitative estimate of drug-likeness (QED) is 0.738. The van der Waals surface area contributed by atoms with E-state index in [9.17, 15) is 0 Å². The van der Waals surface area contributed by atoms with Crippen molar-refractivity contribution in [2.45, 2.75) is 50.0 Å². The second kappa shape index (κ2) is 4.31. The molecule has 0 bridgehead atoms. The lowest BCUT2D eigenvalue weighted by Crippen LogP contribution is -2.24. The Morgan fingerprint density at radius 3 is 2.94 bits per heavy atom. The van der Waals surface area contributed by atoms with Gasteiger partial charge in [-0.1, -0.05) is 41.1 Å². The van der Waals surface area contributed by atoms with Gasteiger partial charge in [-0.25, -0.2) is 0 Å². The van der Waals surface area contributed by atoms with E-state index < -0.39 is 0 Å². The zero-order valence-corrected chi connectivity index (χ0v) is 11.9. The van der Waals surface area contributed by atoms with Crippen LogP contribution >= 0.6 is 15.9 Å². The summed E-state index contributed by atoms with van der Waals surface area (Å²) in [6.07, 6.45) is 6.64. The summed E-state index contributed by atoms with van der Waals surface area (Å²) in [6, 6.07) is 8.46. The highest BCUT2D eigenvalue weighted by Gasteiger charge is 2.38. The summed E-state index contributed by atoms with van der Waals surface area (Å²) in [4.78, 5) is 0.719. The van der Waals surface area contributed by atoms with Crippen LogP contribution in [0.4, 0.5) is 0 Å². The highest BCUT2D eigenvalue weighted by Crippen LogP contribution is 2.46. The maximum absolute atomic E-state index is 6.05. The Hall–Kier alpha value is -0.500. The topological polar surface area (TPSA) is 9.23 Å². The van der Waals surface area contributed by atoms with Crippen molar-refractivity contribution in [2.75, 3.05) is 0 Å². The van der Waals surface area contributed by atoms with Crippen molar-refractivity contribution in [1.82, 2.24) is 0 Å². The third-order valence-corrected chi connectivity index (χ3v) is 4.99. The number of hydrogen-bond acceptors (Lipinski definition) is 1. The summed E-state index contributed by atoms with van der Waals surface area (Å²) < 4.78 is 6.05. The molecule has 0 N–H and O–H groups in total. The molecule has 3 atom stereocenters. The van der Waals surface area contributed by atoms with Crippen LogP contribution in [0.3, 0.4) is 0 Å². The Bertz CT molecular complexity index is 392. The van der Waals surface area contributed by atoms with Crippen LogP contribution in [-0.4, -0.2) is 10.9 Å². The van der Waals surface area contributed by atoms with Crippen molar-refractivity contribution in [3.05, 3.63) is 29.8 Å². The second-order valence-corrected chi connectivity index (χ2v) is 7.20. The van der Waals surface area contributed by atoms with Gasteiger partial charge in [-0.15, -0.1) is 0 Å². The third-order valence-electron chi connectivity index (χ3n) is 4.21. The van der Waals surface area contributed by atoms with Gasteiger partial charge in [-0.3, -0.25) is 0 Å². The Morgan fingerprint density at radius 1 is 1.41 bits per heavy atom. The minimum atomic E-state index is 0.398. The summed E-state index contributed by atoms with van der Waals surface area (Å²) in [7, 11) is 0. The van der Waals surface area contributed by atoms with Gasteiger partial charge in [0.05, 0.1) is 0 Å². The average molecular weight is 295 g/mol. The van der Waals surface area contributed by atoms with Gasteiger partial charge in [0, 0.05) is 11.2 Å². The Morgan fingerprint density at radius 2 is 2.24 bits per heavy atom. The molecular formula is C15H19BrO. The smallest absolute Gasteiger partial charge is 0.123 e. The van der Waals surface area contributed by atoms with Crippen LogP contribution in [0.15, 0.2) is 24.3 Å². The number of benzene rings is 1. The van der Waals surface area contributed by atoms with Crippen molar-refractivity contribution < 1.29 is 4.74 Å². The van der Waals surface area contributed by atoms with Gasteiger partial charge >= 0.3 is 0 Å². The fourth-order valence-corrected chi connectivity index (χ4v) is 4.36. The molecule has 0 radical (unpaired) electrons. The van der Waals surface area contributed by atoms with Crippen LogP contribution in [0.25, 0.3) is 0 Å². The second-order valence-electron chi connectivity index (χ2n) is 5.91. The van der Waals surface area contributed by atoms with E-state index in [0.717, 1.165) is 17.0 Å². The van der Waals surface area contributed by atoms with Gasteiger partial charge in [0.15, 0.2) is 0 Å².